The SMILES string of the molecule is CC/C=C\C/C=C\C/C=C\CCCC(=O)OCC(COC(=O)CCCCCCC\C=C/C=C\C=C/C=C\CCCCC)OC(=O)CCCCCCCCC/C=C\C/C=C\CC. The van der Waals surface area contributed by atoms with E-state index in [0.717, 1.165) is 109 Å². The topological polar surface area (TPSA) is 78.9 Å². The zero-order chi connectivity index (χ0) is 44.4. The molecule has 0 spiro atoms. The van der Waals surface area contributed by atoms with Crippen LogP contribution in [0.4, 0.5) is 0 Å². The van der Waals surface area contributed by atoms with E-state index in [-0.39, 0.29) is 37.5 Å². The minimum atomic E-state index is -0.813. The van der Waals surface area contributed by atoms with Crippen LogP contribution in [0.15, 0.2) is 109 Å². The fourth-order valence-corrected chi connectivity index (χ4v) is 6.22. The molecule has 0 bridgehead atoms. The zero-order valence-corrected chi connectivity index (χ0v) is 39.1. The largest absolute Gasteiger partial charge is 0.462 e. The maximum absolute atomic E-state index is 12.8. The van der Waals surface area contributed by atoms with Crippen LogP contribution in [0.2, 0.25) is 0 Å². The van der Waals surface area contributed by atoms with Crippen LogP contribution in [0, 0.1) is 0 Å². The Bertz CT molecular complexity index is 1290. The summed E-state index contributed by atoms with van der Waals surface area (Å²) in [4.78, 5) is 37.8. The summed E-state index contributed by atoms with van der Waals surface area (Å²) < 4.78 is 16.7. The van der Waals surface area contributed by atoms with E-state index in [9.17, 15) is 14.4 Å². The molecule has 6 nitrogen and oxygen atoms in total. The van der Waals surface area contributed by atoms with E-state index in [1.54, 1.807) is 0 Å². The number of carbonyl (C=O) groups is 3. The van der Waals surface area contributed by atoms with Gasteiger partial charge in [-0.1, -0.05) is 194 Å². The smallest absolute Gasteiger partial charge is 0.306 e. The average molecular weight is 845 g/mol. The molecule has 6 heteroatoms. The van der Waals surface area contributed by atoms with Gasteiger partial charge < -0.3 is 14.2 Å². The maximum Gasteiger partial charge on any atom is 0.306 e. The van der Waals surface area contributed by atoms with Gasteiger partial charge in [0.05, 0.1) is 0 Å². The van der Waals surface area contributed by atoms with Crippen LogP contribution in [-0.2, 0) is 28.6 Å². The van der Waals surface area contributed by atoms with Crippen molar-refractivity contribution >= 4 is 17.9 Å². The number of hydrogen-bond acceptors (Lipinski definition) is 6. The monoisotopic (exact) mass is 845 g/mol. The third-order valence-electron chi connectivity index (χ3n) is 9.84. The van der Waals surface area contributed by atoms with Crippen LogP contribution in [-0.4, -0.2) is 37.2 Å². The Hall–Kier alpha value is -3.93. The van der Waals surface area contributed by atoms with Gasteiger partial charge in [-0.2, -0.15) is 0 Å². The van der Waals surface area contributed by atoms with Crippen LogP contribution in [0.5, 0.6) is 0 Å². The highest BCUT2D eigenvalue weighted by Crippen LogP contribution is 2.13. The normalized spacial score (nSPS) is 13.0. The fourth-order valence-electron chi connectivity index (χ4n) is 6.22. The molecular formula is C55H88O6. The summed E-state index contributed by atoms with van der Waals surface area (Å²) in [6.07, 6.45) is 65.0. The van der Waals surface area contributed by atoms with Crippen LogP contribution < -0.4 is 0 Å². The van der Waals surface area contributed by atoms with Crippen LogP contribution >= 0.6 is 0 Å². The van der Waals surface area contributed by atoms with Gasteiger partial charge in [-0.15, -0.1) is 0 Å². The zero-order valence-electron chi connectivity index (χ0n) is 39.1. The Morgan fingerprint density at radius 1 is 0.361 bits per heavy atom. The van der Waals surface area contributed by atoms with E-state index in [1.165, 1.54) is 44.9 Å². The van der Waals surface area contributed by atoms with Crippen molar-refractivity contribution in [3.05, 3.63) is 109 Å². The van der Waals surface area contributed by atoms with Crippen molar-refractivity contribution in [2.75, 3.05) is 13.2 Å². The number of hydrogen-bond donors (Lipinski definition) is 0. The standard InChI is InChI=1S/C55H88O6/c1-4-7-10-13-16-19-22-24-26-27-28-29-31-33-36-39-42-45-48-54(57)60-51-52(50-59-53(56)47-44-41-38-35-32-21-18-15-12-9-6-3)61-55(58)49-46-43-40-37-34-30-25-23-20-17-14-11-8-5-2/h8-9,11-12,16-22,24,26-29,35,38,52H,4-7,10,13-15,23,25,30-34,36-37,39-51H2,1-3H3/b11-8-,12-9-,19-16-,20-17-,21-18-,24-22-,27-26-,29-28-,38-35-. The summed E-state index contributed by atoms with van der Waals surface area (Å²) in [6, 6.07) is 0. The molecule has 0 rings (SSSR count). The first-order chi connectivity index (χ1) is 30.0. The highest BCUT2D eigenvalue weighted by molar-refractivity contribution is 5.71. The highest BCUT2D eigenvalue weighted by Gasteiger charge is 2.19. The second-order valence-electron chi connectivity index (χ2n) is 15.7. The summed E-state index contributed by atoms with van der Waals surface area (Å²) in [5, 5.41) is 0. The Morgan fingerprint density at radius 3 is 1.21 bits per heavy atom. The minimum Gasteiger partial charge on any atom is -0.462 e. The van der Waals surface area contributed by atoms with Gasteiger partial charge in [0, 0.05) is 19.3 Å². The lowest BCUT2D eigenvalue weighted by Gasteiger charge is -2.18. The first-order valence-electron chi connectivity index (χ1n) is 24.4. The van der Waals surface area contributed by atoms with Crippen LogP contribution in [0.1, 0.15) is 201 Å². The van der Waals surface area contributed by atoms with E-state index in [4.69, 9.17) is 14.2 Å². The molecule has 0 heterocycles. The van der Waals surface area contributed by atoms with Gasteiger partial charge in [-0.3, -0.25) is 14.4 Å². The molecule has 0 aromatic carbocycles. The van der Waals surface area contributed by atoms with Crippen molar-refractivity contribution in [3.63, 3.8) is 0 Å². The fraction of sp³-hybridized carbons (Fsp3) is 0.618. The lowest BCUT2D eigenvalue weighted by Crippen LogP contribution is -2.30. The number of rotatable bonds is 42. The number of allylic oxidation sites excluding steroid dienone is 18. The molecule has 0 fully saturated rings. The van der Waals surface area contributed by atoms with Gasteiger partial charge in [-0.25, -0.2) is 0 Å². The molecule has 0 N–H and O–H groups in total. The minimum absolute atomic E-state index is 0.112. The van der Waals surface area contributed by atoms with Crippen LogP contribution in [0.25, 0.3) is 0 Å². The van der Waals surface area contributed by atoms with Gasteiger partial charge in [0.1, 0.15) is 13.2 Å². The van der Waals surface area contributed by atoms with E-state index < -0.39 is 6.10 Å². The number of carbonyl (C=O) groups excluding carboxylic acids is 3. The molecule has 1 atom stereocenters. The molecular weight excluding hydrogens is 757 g/mol. The van der Waals surface area contributed by atoms with Crippen molar-refractivity contribution in [2.24, 2.45) is 0 Å². The van der Waals surface area contributed by atoms with E-state index >= 15 is 0 Å². The number of ether oxygens (including phenoxy) is 3. The molecule has 0 aliphatic rings. The highest BCUT2D eigenvalue weighted by atomic mass is 16.6. The maximum atomic E-state index is 12.8. The first kappa shape index (κ1) is 57.1. The molecule has 0 saturated heterocycles. The van der Waals surface area contributed by atoms with Crippen LogP contribution in [0.3, 0.4) is 0 Å². The van der Waals surface area contributed by atoms with Crippen molar-refractivity contribution in [3.8, 4) is 0 Å². The van der Waals surface area contributed by atoms with Crippen molar-refractivity contribution in [1.82, 2.24) is 0 Å². The number of esters is 3. The van der Waals surface area contributed by atoms with Gasteiger partial charge in [-0.05, 0) is 96.3 Å². The van der Waals surface area contributed by atoms with Crippen molar-refractivity contribution < 1.29 is 28.6 Å². The summed E-state index contributed by atoms with van der Waals surface area (Å²) in [6.45, 7) is 6.28. The van der Waals surface area contributed by atoms with Gasteiger partial charge in [0.2, 0.25) is 0 Å². The van der Waals surface area contributed by atoms with Gasteiger partial charge >= 0.3 is 17.9 Å². The lowest BCUT2D eigenvalue weighted by atomic mass is 10.1. The molecule has 0 aromatic rings. The third-order valence-corrected chi connectivity index (χ3v) is 9.84. The quantitative estimate of drug-likeness (QED) is 0.0200. The molecule has 344 valence electrons. The molecule has 61 heavy (non-hydrogen) atoms. The molecule has 0 saturated carbocycles. The van der Waals surface area contributed by atoms with E-state index in [1.807, 2.05) is 0 Å². The molecule has 0 amide bonds. The third kappa shape index (κ3) is 47.0. The second-order valence-corrected chi connectivity index (χ2v) is 15.7. The summed E-state index contributed by atoms with van der Waals surface area (Å²) in [5.41, 5.74) is 0. The lowest BCUT2D eigenvalue weighted by molar-refractivity contribution is -0.167. The Kier molecular flexibility index (Phi) is 45.6. The predicted octanol–water partition coefficient (Wildman–Crippen LogP) is 16.0. The van der Waals surface area contributed by atoms with Crippen molar-refractivity contribution in [2.45, 2.75) is 207 Å². The Balaban J connectivity index is 4.49. The molecule has 0 aromatic heterocycles. The molecule has 0 radical (unpaired) electrons. The predicted molar refractivity (Wildman–Crippen MR) is 260 cm³/mol. The average Bonchev–Trinajstić information content (AvgIpc) is 3.26. The van der Waals surface area contributed by atoms with Gasteiger partial charge in [0.25, 0.3) is 0 Å². The summed E-state index contributed by atoms with van der Waals surface area (Å²) in [5.74, 6) is -1.01. The summed E-state index contributed by atoms with van der Waals surface area (Å²) >= 11 is 0. The van der Waals surface area contributed by atoms with E-state index in [2.05, 4.69) is 130 Å². The van der Waals surface area contributed by atoms with E-state index in [0.29, 0.717) is 19.3 Å². The molecule has 0 aliphatic heterocycles. The summed E-state index contributed by atoms with van der Waals surface area (Å²) in [7, 11) is 0. The van der Waals surface area contributed by atoms with Gasteiger partial charge in [0.15, 0.2) is 6.10 Å². The molecule has 0 aliphatic carbocycles. The molecule has 1 unspecified atom stereocenters. The Morgan fingerprint density at radius 2 is 0.721 bits per heavy atom. The van der Waals surface area contributed by atoms with Crippen molar-refractivity contribution in [1.29, 1.82) is 0 Å². The second kappa shape index (κ2) is 48.7. The first-order valence-corrected chi connectivity index (χ1v) is 24.4. The number of unbranched alkanes of at least 4 members (excludes halogenated alkanes) is 16. The Labute approximate surface area is 374 Å².